The number of rotatable bonds is 10. The number of ether oxygens (including phenoxy) is 1. The van der Waals surface area contributed by atoms with E-state index in [1.165, 1.54) is 11.1 Å². The smallest absolute Gasteiger partial charge is 0.308 e. The second kappa shape index (κ2) is 11.3. The highest BCUT2D eigenvalue weighted by Gasteiger charge is 2.33. The van der Waals surface area contributed by atoms with Gasteiger partial charge in [0.2, 0.25) is 0 Å². The number of halogens is 1. The molecule has 33 heavy (non-hydrogen) atoms. The molecule has 176 valence electrons. The Kier molecular flexibility index (Phi) is 8.22. The number of aromatic nitrogens is 1. The number of hydrogen-bond donors (Lipinski definition) is 1. The van der Waals surface area contributed by atoms with Crippen molar-refractivity contribution in [3.63, 3.8) is 0 Å². The molecule has 3 aromatic rings. The summed E-state index contributed by atoms with van der Waals surface area (Å²) in [5.41, 5.74) is 1.37. The van der Waals surface area contributed by atoms with Crippen molar-refractivity contribution < 1.29 is 19.0 Å². The number of hydrogen-bond acceptors (Lipinski definition) is 6. The molecule has 2 unspecified atom stereocenters. The normalized spacial score (nSPS) is 19.1. The molecule has 1 fully saturated rings. The zero-order valence-electron chi connectivity index (χ0n) is 18.7. The second-order valence-electron chi connectivity index (χ2n) is 8.46. The molecule has 2 aromatic heterocycles. The molecular formula is C25H29FN2O3S2. The summed E-state index contributed by atoms with van der Waals surface area (Å²) < 4.78 is 19.9. The summed E-state index contributed by atoms with van der Waals surface area (Å²) in [6.07, 6.45) is 4.23. The molecule has 0 aliphatic carbocycles. The predicted molar refractivity (Wildman–Crippen MR) is 132 cm³/mol. The van der Waals surface area contributed by atoms with Gasteiger partial charge in [0.25, 0.3) is 0 Å². The molecule has 0 spiro atoms. The lowest BCUT2D eigenvalue weighted by Crippen LogP contribution is -2.44. The van der Waals surface area contributed by atoms with Crippen LogP contribution in [0.1, 0.15) is 24.8 Å². The molecule has 0 bridgehead atoms. The van der Waals surface area contributed by atoms with E-state index >= 15 is 0 Å². The van der Waals surface area contributed by atoms with Gasteiger partial charge < -0.3 is 14.7 Å². The Balaban J connectivity index is 1.33. The minimum atomic E-state index is -0.722. The Morgan fingerprint density at radius 3 is 3.03 bits per heavy atom. The molecule has 1 saturated heterocycles. The fourth-order valence-corrected chi connectivity index (χ4v) is 6.44. The molecular weight excluding hydrogens is 459 g/mol. The van der Waals surface area contributed by atoms with Crippen LogP contribution in [0.3, 0.4) is 0 Å². The van der Waals surface area contributed by atoms with Crippen LogP contribution in [0.5, 0.6) is 5.75 Å². The lowest BCUT2D eigenvalue weighted by Gasteiger charge is -2.36. The number of piperidine rings is 1. The van der Waals surface area contributed by atoms with Crippen molar-refractivity contribution in [3.05, 3.63) is 52.6 Å². The highest BCUT2D eigenvalue weighted by atomic mass is 32.2. The molecule has 3 heterocycles. The summed E-state index contributed by atoms with van der Waals surface area (Å²) in [5, 5.41) is 14.8. The molecule has 1 aromatic carbocycles. The summed E-state index contributed by atoms with van der Waals surface area (Å²) in [7, 11) is 1.59. The van der Waals surface area contributed by atoms with Gasteiger partial charge in [-0.15, -0.1) is 11.8 Å². The number of carboxylic acid groups (broad SMARTS) is 1. The van der Waals surface area contributed by atoms with Crippen LogP contribution >= 0.6 is 23.1 Å². The van der Waals surface area contributed by atoms with Gasteiger partial charge in [-0.25, -0.2) is 4.39 Å². The van der Waals surface area contributed by atoms with Crippen molar-refractivity contribution >= 4 is 40.0 Å². The maximum Gasteiger partial charge on any atom is 0.308 e. The van der Waals surface area contributed by atoms with Crippen LogP contribution in [0, 0.1) is 17.7 Å². The van der Waals surface area contributed by atoms with Gasteiger partial charge in [-0.05, 0) is 73.4 Å². The molecule has 8 heteroatoms. The first-order valence-electron chi connectivity index (χ1n) is 11.3. The Morgan fingerprint density at radius 2 is 2.27 bits per heavy atom. The quantitative estimate of drug-likeness (QED) is 0.376. The molecule has 1 N–H and O–H groups in total. The van der Waals surface area contributed by atoms with Crippen LogP contribution in [0.4, 0.5) is 4.39 Å². The van der Waals surface area contributed by atoms with E-state index < -0.39 is 5.97 Å². The van der Waals surface area contributed by atoms with Crippen molar-refractivity contribution in [2.75, 3.05) is 32.5 Å². The van der Waals surface area contributed by atoms with Crippen LogP contribution < -0.4 is 4.74 Å². The average molecular weight is 489 g/mol. The molecule has 0 radical (unpaired) electrons. The van der Waals surface area contributed by atoms with Gasteiger partial charge in [-0.1, -0.05) is 0 Å². The Labute approximate surface area is 202 Å². The zero-order chi connectivity index (χ0) is 23.2. The fraction of sp³-hybridized carbons (Fsp3) is 0.440. The van der Waals surface area contributed by atoms with Gasteiger partial charge >= 0.3 is 5.97 Å². The van der Waals surface area contributed by atoms with Gasteiger partial charge in [-0.3, -0.25) is 9.78 Å². The maximum absolute atomic E-state index is 14.6. The summed E-state index contributed by atoms with van der Waals surface area (Å²) in [5.74, 6) is 0.347. The van der Waals surface area contributed by atoms with Gasteiger partial charge in [0, 0.05) is 34.5 Å². The van der Waals surface area contributed by atoms with Crippen LogP contribution in [-0.2, 0) is 11.2 Å². The number of thioether (sulfide) groups is 1. The van der Waals surface area contributed by atoms with Crippen LogP contribution in [-0.4, -0.2) is 53.5 Å². The molecule has 2 atom stereocenters. The molecule has 4 rings (SSSR count). The van der Waals surface area contributed by atoms with Gasteiger partial charge in [-0.2, -0.15) is 11.3 Å². The van der Waals surface area contributed by atoms with Crippen molar-refractivity contribution in [2.45, 2.75) is 30.6 Å². The minimum absolute atomic E-state index is 0.119. The average Bonchev–Trinajstić information content (AvgIpc) is 3.34. The third-order valence-corrected chi connectivity index (χ3v) is 8.27. The van der Waals surface area contributed by atoms with Crippen molar-refractivity contribution in [1.82, 2.24) is 9.88 Å². The SMILES string of the molecule is COc1ccc2ncc(F)c(CCCC3CCN(CCSc4ccsc4)CC3C(=O)O)c2c1. The number of pyridine rings is 1. The number of aryl methyl sites for hydroxylation is 1. The van der Waals surface area contributed by atoms with Gasteiger partial charge in [0.15, 0.2) is 0 Å². The van der Waals surface area contributed by atoms with Gasteiger partial charge in [0.1, 0.15) is 11.6 Å². The number of fused-ring (bicyclic) bond motifs is 1. The van der Waals surface area contributed by atoms with Crippen molar-refractivity contribution in [1.29, 1.82) is 0 Å². The van der Waals surface area contributed by atoms with E-state index in [9.17, 15) is 14.3 Å². The number of aliphatic carboxylic acids is 1. The highest BCUT2D eigenvalue weighted by molar-refractivity contribution is 7.99. The lowest BCUT2D eigenvalue weighted by atomic mass is 9.81. The minimum Gasteiger partial charge on any atom is -0.497 e. The topological polar surface area (TPSA) is 62.7 Å². The van der Waals surface area contributed by atoms with E-state index in [-0.39, 0.29) is 17.7 Å². The van der Waals surface area contributed by atoms with E-state index in [1.54, 1.807) is 18.4 Å². The zero-order valence-corrected chi connectivity index (χ0v) is 20.3. The Bertz CT molecular complexity index is 1080. The van der Waals surface area contributed by atoms with Crippen molar-refractivity contribution in [3.8, 4) is 5.75 Å². The first kappa shape index (κ1) is 24.0. The number of carboxylic acids is 1. The summed E-state index contributed by atoms with van der Waals surface area (Å²) in [6.45, 7) is 2.41. The van der Waals surface area contributed by atoms with Crippen LogP contribution in [0.2, 0.25) is 0 Å². The highest BCUT2D eigenvalue weighted by Crippen LogP contribution is 2.31. The third kappa shape index (κ3) is 6.05. The lowest BCUT2D eigenvalue weighted by molar-refractivity contribution is -0.146. The summed E-state index contributed by atoms with van der Waals surface area (Å²) in [4.78, 5) is 19.7. The van der Waals surface area contributed by atoms with E-state index in [1.807, 2.05) is 30.0 Å². The van der Waals surface area contributed by atoms with Gasteiger partial charge in [0.05, 0.1) is 24.7 Å². The van der Waals surface area contributed by atoms with E-state index in [4.69, 9.17) is 4.74 Å². The van der Waals surface area contributed by atoms with E-state index in [0.717, 1.165) is 49.0 Å². The predicted octanol–water partition coefficient (Wildman–Crippen LogP) is 5.58. The van der Waals surface area contributed by atoms with Crippen LogP contribution in [0.25, 0.3) is 10.9 Å². The summed E-state index contributed by atoms with van der Waals surface area (Å²) in [6, 6.07) is 7.60. The number of methoxy groups -OCH3 is 1. The number of thiophene rings is 1. The summed E-state index contributed by atoms with van der Waals surface area (Å²) >= 11 is 3.51. The Morgan fingerprint density at radius 1 is 1.39 bits per heavy atom. The number of nitrogens with zero attached hydrogens (tertiary/aromatic N) is 2. The Hall–Kier alpha value is -2.16. The number of likely N-dealkylation sites (tertiary alicyclic amines) is 1. The molecule has 5 nitrogen and oxygen atoms in total. The third-order valence-electron chi connectivity index (χ3n) is 6.46. The maximum atomic E-state index is 14.6. The second-order valence-corrected chi connectivity index (χ2v) is 10.4. The first-order chi connectivity index (χ1) is 16.0. The van der Waals surface area contributed by atoms with Crippen LogP contribution in [0.15, 0.2) is 46.1 Å². The first-order valence-corrected chi connectivity index (χ1v) is 13.2. The monoisotopic (exact) mass is 488 g/mol. The molecule has 1 aliphatic rings. The number of carbonyl (C=O) groups is 1. The fourth-order valence-electron chi connectivity index (χ4n) is 4.65. The van der Waals surface area contributed by atoms with E-state index in [0.29, 0.717) is 24.3 Å². The number of benzene rings is 1. The molecule has 0 saturated carbocycles. The molecule has 0 amide bonds. The standard InChI is InChI=1S/C25H29FN2O3S2/c1-31-18-5-6-24-21(13-18)20(23(26)14-27-24)4-2-3-17-7-9-28(15-22(17)25(29)30)10-12-33-19-8-11-32-16-19/h5-6,8,11,13-14,16-17,22H,2-4,7,9-10,12,15H2,1H3,(H,29,30). The van der Waals surface area contributed by atoms with Crippen molar-refractivity contribution in [2.24, 2.45) is 11.8 Å². The molecule has 1 aliphatic heterocycles. The van der Waals surface area contributed by atoms with E-state index in [2.05, 4.69) is 26.7 Å². The largest absolute Gasteiger partial charge is 0.497 e.